The third-order valence-corrected chi connectivity index (χ3v) is 5.41. The number of guanidine groups is 1. The molecule has 132 valence electrons. The second-order valence-corrected chi connectivity index (χ2v) is 6.96. The summed E-state index contributed by atoms with van der Waals surface area (Å²) in [5.74, 6) is 0.665. The molecule has 2 saturated heterocycles. The monoisotopic (exact) mass is 352 g/mol. The molecule has 24 heavy (non-hydrogen) atoms. The Bertz CT molecular complexity index is 566. The molecular weight excluding hydrogens is 327 g/mol. The number of nitrogens with zero attached hydrogens (tertiary/aromatic N) is 3. The van der Waals surface area contributed by atoms with E-state index in [-0.39, 0.29) is 5.82 Å². The number of aliphatic imine (C=N–C) groups is 1. The maximum atomic E-state index is 13.8. The van der Waals surface area contributed by atoms with Crippen molar-refractivity contribution < 1.29 is 4.39 Å². The first-order chi connectivity index (χ1) is 11.7. The first kappa shape index (κ1) is 17.5. The molecule has 6 heteroatoms. The van der Waals surface area contributed by atoms with E-state index < -0.39 is 0 Å². The van der Waals surface area contributed by atoms with Gasteiger partial charge >= 0.3 is 0 Å². The SMILES string of the molecule is CN=C(NCCc1c(F)cccc1Cl)N1CCC(N2CCCC2)C1. The molecular formula is C18H26ClFN4. The van der Waals surface area contributed by atoms with Gasteiger partial charge in [-0.05, 0) is 50.9 Å². The molecule has 2 fully saturated rings. The van der Waals surface area contributed by atoms with Gasteiger partial charge in [-0.2, -0.15) is 0 Å². The summed E-state index contributed by atoms with van der Waals surface area (Å²) in [5, 5.41) is 3.85. The van der Waals surface area contributed by atoms with Gasteiger partial charge in [-0.1, -0.05) is 17.7 Å². The third kappa shape index (κ3) is 4.01. The van der Waals surface area contributed by atoms with Crippen LogP contribution in [0.2, 0.25) is 5.02 Å². The van der Waals surface area contributed by atoms with Gasteiger partial charge in [-0.15, -0.1) is 0 Å². The van der Waals surface area contributed by atoms with Crippen molar-refractivity contribution >= 4 is 17.6 Å². The minimum absolute atomic E-state index is 0.241. The third-order valence-electron chi connectivity index (χ3n) is 5.05. The van der Waals surface area contributed by atoms with Gasteiger partial charge in [0, 0.05) is 43.3 Å². The average molecular weight is 353 g/mol. The van der Waals surface area contributed by atoms with Crippen LogP contribution >= 0.6 is 11.6 Å². The van der Waals surface area contributed by atoms with Crippen molar-refractivity contribution in [1.82, 2.24) is 15.1 Å². The molecule has 1 aromatic rings. The van der Waals surface area contributed by atoms with Crippen LogP contribution in [0.15, 0.2) is 23.2 Å². The van der Waals surface area contributed by atoms with Gasteiger partial charge < -0.3 is 10.2 Å². The number of benzene rings is 1. The van der Waals surface area contributed by atoms with Crippen LogP contribution in [0.25, 0.3) is 0 Å². The normalized spacial score (nSPS) is 22.4. The lowest BCUT2D eigenvalue weighted by Crippen LogP contribution is -2.43. The zero-order valence-corrected chi connectivity index (χ0v) is 15.0. The van der Waals surface area contributed by atoms with Gasteiger partial charge in [0.1, 0.15) is 5.82 Å². The number of rotatable bonds is 4. The molecule has 0 spiro atoms. The van der Waals surface area contributed by atoms with Gasteiger partial charge in [0.2, 0.25) is 0 Å². The average Bonchev–Trinajstić information content (AvgIpc) is 3.25. The first-order valence-corrected chi connectivity index (χ1v) is 9.19. The van der Waals surface area contributed by atoms with E-state index in [9.17, 15) is 4.39 Å². The number of halogens is 2. The maximum absolute atomic E-state index is 13.8. The van der Waals surface area contributed by atoms with Crippen LogP contribution < -0.4 is 5.32 Å². The van der Waals surface area contributed by atoms with Gasteiger partial charge in [0.05, 0.1) is 0 Å². The van der Waals surface area contributed by atoms with E-state index in [1.165, 1.54) is 38.4 Å². The predicted octanol–water partition coefficient (Wildman–Crippen LogP) is 2.77. The van der Waals surface area contributed by atoms with E-state index in [2.05, 4.69) is 20.1 Å². The minimum atomic E-state index is -0.241. The smallest absolute Gasteiger partial charge is 0.193 e. The Morgan fingerprint density at radius 1 is 1.33 bits per heavy atom. The maximum Gasteiger partial charge on any atom is 0.193 e. The number of hydrogen-bond acceptors (Lipinski definition) is 2. The van der Waals surface area contributed by atoms with E-state index in [4.69, 9.17) is 11.6 Å². The Kier molecular flexibility index (Phi) is 5.95. The molecule has 0 aliphatic carbocycles. The number of hydrogen-bond donors (Lipinski definition) is 1. The number of likely N-dealkylation sites (tertiary alicyclic amines) is 2. The van der Waals surface area contributed by atoms with Crippen molar-refractivity contribution in [1.29, 1.82) is 0 Å². The Labute approximate surface area is 148 Å². The minimum Gasteiger partial charge on any atom is -0.356 e. The summed E-state index contributed by atoms with van der Waals surface area (Å²) in [6.45, 7) is 5.15. The summed E-state index contributed by atoms with van der Waals surface area (Å²) >= 11 is 6.08. The molecule has 0 saturated carbocycles. The molecule has 2 aliphatic rings. The first-order valence-electron chi connectivity index (χ1n) is 8.81. The molecule has 0 aromatic heterocycles. The zero-order valence-electron chi connectivity index (χ0n) is 14.3. The van der Waals surface area contributed by atoms with Gasteiger partial charge in [0.25, 0.3) is 0 Å². The lowest BCUT2D eigenvalue weighted by molar-refractivity contribution is 0.249. The Hall–Kier alpha value is -1.33. The number of nitrogens with one attached hydrogen (secondary N) is 1. The highest BCUT2D eigenvalue weighted by Crippen LogP contribution is 2.21. The quantitative estimate of drug-likeness (QED) is 0.667. The van der Waals surface area contributed by atoms with Crippen molar-refractivity contribution in [3.8, 4) is 0 Å². The molecule has 0 amide bonds. The summed E-state index contributed by atoms with van der Waals surface area (Å²) in [5.41, 5.74) is 0.568. The Balaban J connectivity index is 1.50. The van der Waals surface area contributed by atoms with E-state index in [0.29, 0.717) is 29.6 Å². The van der Waals surface area contributed by atoms with E-state index >= 15 is 0 Å². The highest BCUT2D eigenvalue weighted by molar-refractivity contribution is 6.31. The molecule has 0 radical (unpaired) electrons. The van der Waals surface area contributed by atoms with Gasteiger partial charge in [-0.3, -0.25) is 9.89 Å². The standard InChI is InChI=1S/C18H26ClFN4/c1-21-18(22-9-7-15-16(19)5-4-6-17(15)20)24-12-8-14(13-24)23-10-2-3-11-23/h4-6,14H,2-3,7-13H2,1H3,(H,21,22). The van der Waals surface area contributed by atoms with Crippen LogP contribution in [0.4, 0.5) is 4.39 Å². The largest absolute Gasteiger partial charge is 0.356 e. The van der Waals surface area contributed by atoms with E-state index in [1.54, 1.807) is 12.1 Å². The summed E-state index contributed by atoms with van der Waals surface area (Å²) in [6.07, 6.45) is 4.40. The van der Waals surface area contributed by atoms with Crippen LogP contribution in [0.1, 0.15) is 24.8 Å². The molecule has 2 heterocycles. The lowest BCUT2D eigenvalue weighted by atomic mass is 10.1. The molecule has 2 aliphatic heterocycles. The molecule has 1 N–H and O–H groups in total. The second-order valence-electron chi connectivity index (χ2n) is 6.56. The summed E-state index contributed by atoms with van der Waals surface area (Å²) < 4.78 is 13.8. The van der Waals surface area contributed by atoms with Crippen LogP contribution in [0, 0.1) is 5.82 Å². The van der Waals surface area contributed by atoms with Crippen LogP contribution in [0.5, 0.6) is 0 Å². The Morgan fingerprint density at radius 2 is 2.12 bits per heavy atom. The van der Waals surface area contributed by atoms with Crippen LogP contribution in [-0.4, -0.2) is 61.6 Å². The summed E-state index contributed by atoms with van der Waals surface area (Å²) in [7, 11) is 1.81. The zero-order chi connectivity index (χ0) is 16.9. The van der Waals surface area contributed by atoms with Crippen molar-refractivity contribution in [2.24, 2.45) is 4.99 Å². The van der Waals surface area contributed by atoms with Crippen molar-refractivity contribution in [3.63, 3.8) is 0 Å². The fourth-order valence-electron chi connectivity index (χ4n) is 3.74. The van der Waals surface area contributed by atoms with Crippen molar-refractivity contribution in [3.05, 3.63) is 34.6 Å². The second kappa shape index (κ2) is 8.17. The summed E-state index contributed by atoms with van der Waals surface area (Å²) in [6, 6.07) is 5.47. The molecule has 1 unspecified atom stereocenters. The molecule has 1 aromatic carbocycles. The van der Waals surface area contributed by atoms with E-state index in [0.717, 1.165) is 19.0 Å². The lowest BCUT2D eigenvalue weighted by Gasteiger charge is -2.25. The molecule has 0 bridgehead atoms. The topological polar surface area (TPSA) is 30.9 Å². The predicted molar refractivity (Wildman–Crippen MR) is 97.3 cm³/mol. The van der Waals surface area contributed by atoms with Crippen molar-refractivity contribution in [2.75, 3.05) is 39.8 Å². The van der Waals surface area contributed by atoms with Crippen LogP contribution in [0.3, 0.4) is 0 Å². The van der Waals surface area contributed by atoms with Crippen molar-refractivity contribution in [2.45, 2.75) is 31.7 Å². The highest BCUT2D eigenvalue weighted by Gasteiger charge is 2.30. The highest BCUT2D eigenvalue weighted by atomic mass is 35.5. The van der Waals surface area contributed by atoms with E-state index in [1.807, 2.05) is 7.05 Å². The van der Waals surface area contributed by atoms with Crippen LogP contribution in [-0.2, 0) is 6.42 Å². The van der Waals surface area contributed by atoms with Gasteiger partial charge in [-0.25, -0.2) is 4.39 Å². The Morgan fingerprint density at radius 3 is 2.83 bits per heavy atom. The molecule has 4 nitrogen and oxygen atoms in total. The fraction of sp³-hybridized carbons (Fsp3) is 0.611. The fourth-order valence-corrected chi connectivity index (χ4v) is 4.00. The van der Waals surface area contributed by atoms with Gasteiger partial charge in [0.15, 0.2) is 5.96 Å². The molecule has 1 atom stereocenters. The summed E-state index contributed by atoms with van der Waals surface area (Å²) in [4.78, 5) is 9.31. The molecule has 3 rings (SSSR count).